The topological polar surface area (TPSA) is 80.6 Å². The van der Waals surface area contributed by atoms with Crippen molar-refractivity contribution < 1.29 is 23.1 Å². The van der Waals surface area contributed by atoms with Crippen LogP contribution >= 0.6 is 0 Å². The molecule has 0 spiro atoms. The third-order valence-corrected chi connectivity index (χ3v) is 7.33. The van der Waals surface area contributed by atoms with Gasteiger partial charge >= 0.3 is 0 Å². The van der Waals surface area contributed by atoms with Crippen LogP contribution in [0.15, 0.2) is 29.2 Å². The normalized spacial score (nSPS) is 22.5. The number of pyridine rings is 1. The molecule has 7 nitrogen and oxygen atoms in total. The molecule has 3 aliphatic rings. The number of rotatable bonds is 7. The van der Waals surface area contributed by atoms with Gasteiger partial charge in [0.15, 0.2) is 11.4 Å². The zero-order chi connectivity index (χ0) is 24.0. The van der Waals surface area contributed by atoms with E-state index in [0.29, 0.717) is 13.0 Å². The Morgan fingerprint density at radius 2 is 2.00 bits per heavy atom. The van der Waals surface area contributed by atoms with Crippen molar-refractivity contribution in [1.82, 2.24) is 14.8 Å². The molecule has 34 heavy (non-hydrogen) atoms. The van der Waals surface area contributed by atoms with Crippen LogP contribution in [0.4, 0.5) is 8.78 Å². The number of nitrogens with one attached hydrogen (secondary N) is 1. The second-order valence-electron chi connectivity index (χ2n) is 9.43. The Labute approximate surface area is 195 Å². The fourth-order valence-corrected chi connectivity index (χ4v) is 5.61. The van der Waals surface area contributed by atoms with Gasteiger partial charge < -0.3 is 19.5 Å². The molecule has 2 fully saturated rings. The van der Waals surface area contributed by atoms with Gasteiger partial charge in [0.25, 0.3) is 11.8 Å². The Bertz CT molecular complexity index is 1220. The highest BCUT2D eigenvalue weighted by atomic mass is 19.1. The van der Waals surface area contributed by atoms with Crippen molar-refractivity contribution >= 4 is 11.8 Å². The summed E-state index contributed by atoms with van der Waals surface area (Å²) in [6.07, 6.45) is 6.64. The maximum absolute atomic E-state index is 14.0. The zero-order valence-corrected chi connectivity index (χ0v) is 19.0. The summed E-state index contributed by atoms with van der Waals surface area (Å²) in [4.78, 5) is 41.8. The van der Waals surface area contributed by atoms with Crippen LogP contribution < -0.4 is 15.5 Å². The van der Waals surface area contributed by atoms with E-state index in [1.54, 1.807) is 4.57 Å². The molecule has 180 valence electrons. The minimum absolute atomic E-state index is 0.0970. The molecule has 0 aliphatic carbocycles. The fraction of sp³-hybridized carbons (Fsp3) is 0.480. The number of amides is 2. The molecule has 0 atom stereocenters. The first-order chi connectivity index (χ1) is 16.3. The van der Waals surface area contributed by atoms with E-state index in [-0.39, 0.29) is 53.2 Å². The van der Waals surface area contributed by atoms with Gasteiger partial charge in [-0.15, -0.1) is 0 Å². The van der Waals surface area contributed by atoms with Crippen molar-refractivity contribution in [3.05, 3.63) is 63.1 Å². The van der Waals surface area contributed by atoms with Crippen LogP contribution in [0.5, 0.6) is 5.75 Å². The van der Waals surface area contributed by atoms with Gasteiger partial charge in [0, 0.05) is 37.0 Å². The lowest BCUT2D eigenvalue weighted by Gasteiger charge is -2.41. The van der Waals surface area contributed by atoms with Gasteiger partial charge in [0.2, 0.25) is 5.43 Å². The smallest absolute Gasteiger partial charge is 0.275 e. The van der Waals surface area contributed by atoms with Crippen LogP contribution in [0.3, 0.4) is 0 Å². The number of benzene rings is 1. The molecule has 2 saturated heterocycles. The lowest BCUT2D eigenvalue weighted by atomic mass is 9.86. The number of carbonyl (C=O) groups is 2. The molecule has 2 aromatic rings. The Balaban J connectivity index is 1.50. The van der Waals surface area contributed by atoms with Gasteiger partial charge in [-0.2, -0.15) is 0 Å². The van der Waals surface area contributed by atoms with Crippen molar-refractivity contribution in [2.45, 2.75) is 70.1 Å². The number of unbranched alkanes of at least 4 members (excludes halogenated alkanes) is 1. The maximum atomic E-state index is 14.0. The van der Waals surface area contributed by atoms with Crippen LogP contribution in [-0.2, 0) is 13.1 Å². The van der Waals surface area contributed by atoms with Crippen LogP contribution in [0.2, 0.25) is 0 Å². The monoisotopic (exact) mass is 471 g/mol. The molecule has 1 aromatic carbocycles. The number of halogens is 2. The number of ether oxygens (including phenoxy) is 1. The molecule has 2 amide bonds. The fourth-order valence-electron chi connectivity index (χ4n) is 5.61. The number of hydrogen-bond acceptors (Lipinski definition) is 4. The van der Waals surface area contributed by atoms with E-state index in [1.807, 2.05) is 11.8 Å². The molecule has 5 rings (SSSR count). The average Bonchev–Trinajstić information content (AvgIpc) is 3.36. The molecular formula is C25H27F2N3O4. The van der Waals surface area contributed by atoms with E-state index in [4.69, 9.17) is 4.74 Å². The minimum Gasteiger partial charge on any atom is -0.487 e. The Hall–Kier alpha value is -3.23. The SMILES string of the molecule is CCCCOc1c2n(cc(C(=O)NCc3ccc(F)cc3F)c1=O)CC13CCC(CC1)N3C2=O. The van der Waals surface area contributed by atoms with Crippen LogP contribution in [0, 0.1) is 11.6 Å². The summed E-state index contributed by atoms with van der Waals surface area (Å²) in [5.74, 6) is -2.51. The lowest BCUT2D eigenvalue weighted by Crippen LogP contribution is -2.53. The van der Waals surface area contributed by atoms with Gasteiger partial charge in [-0.05, 0) is 38.2 Å². The van der Waals surface area contributed by atoms with Gasteiger partial charge in [-0.1, -0.05) is 19.4 Å². The lowest BCUT2D eigenvalue weighted by molar-refractivity contribution is 0.0487. The highest BCUT2D eigenvalue weighted by molar-refractivity contribution is 6.00. The minimum atomic E-state index is -0.784. The summed E-state index contributed by atoms with van der Waals surface area (Å²) >= 11 is 0. The molecule has 9 heteroatoms. The Morgan fingerprint density at radius 3 is 2.71 bits per heavy atom. The summed E-state index contributed by atoms with van der Waals surface area (Å²) < 4.78 is 34.6. The van der Waals surface area contributed by atoms with Gasteiger partial charge in [0.1, 0.15) is 17.2 Å². The van der Waals surface area contributed by atoms with Gasteiger partial charge in [-0.3, -0.25) is 14.4 Å². The van der Waals surface area contributed by atoms with E-state index < -0.39 is 23.0 Å². The number of carbonyl (C=O) groups excluding carboxylic acids is 2. The predicted octanol–water partition coefficient (Wildman–Crippen LogP) is 3.39. The van der Waals surface area contributed by atoms with E-state index in [1.165, 1.54) is 12.3 Å². The summed E-state index contributed by atoms with van der Waals surface area (Å²) in [6.45, 7) is 2.53. The van der Waals surface area contributed by atoms with Crippen molar-refractivity contribution in [3.8, 4) is 5.75 Å². The molecule has 0 unspecified atom stereocenters. The Kier molecular flexibility index (Phi) is 5.65. The highest BCUT2D eigenvalue weighted by Gasteiger charge is 2.57. The van der Waals surface area contributed by atoms with E-state index in [9.17, 15) is 23.2 Å². The predicted molar refractivity (Wildman–Crippen MR) is 120 cm³/mol. The number of hydrogen-bond donors (Lipinski definition) is 1. The zero-order valence-electron chi connectivity index (χ0n) is 19.0. The molecule has 2 bridgehead atoms. The number of nitrogens with zero attached hydrogens (tertiary/aromatic N) is 2. The first-order valence-corrected chi connectivity index (χ1v) is 11.8. The van der Waals surface area contributed by atoms with Crippen molar-refractivity contribution in [3.63, 3.8) is 0 Å². The molecule has 1 N–H and O–H groups in total. The van der Waals surface area contributed by atoms with Crippen molar-refractivity contribution in [2.24, 2.45) is 0 Å². The second-order valence-corrected chi connectivity index (χ2v) is 9.43. The molecule has 4 heterocycles. The average molecular weight is 472 g/mol. The Morgan fingerprint density at radius 1 is 1.24 bits per heavy atom. The maximum Gasteiger partial charge on any atom is 0.275 e. The molecule has 0 saturated carbocycles. The van der Waals surface area contributed by atoms with Crippen molar-refractivity contribution in [1.29, 1.82) is 0 Å². The van der Waals surface area contributed by atoms with E-state index >= 15 is 0 Å². The largest absolute Gasteiger partial charge is 0.487 e. The van der Waals surface area contributed by atoms with Crippen molar-refractivity contribution in [2.75, 3.05) is 6.61 Å². The second kappa shape index (κ2) is 8.52. The first-order valence-electron chi connectivity index (χ1n) is 11.8. The van der Waals surface area contributed by atoms with Crippen LogP contribution in [0.1, 0.15) is 71.9 Å². The summed E-state index contributed by atoms with van der Waals surface area (Å²) in [5.41, 5.74) is -0.806. The third-order valence-electron chi connectivity index (χ3n) is 7.33. The quantitative estimate of drug-likeness (QED) is 0.628. The molecule has 3 aliphatic heterocycles. The summed E-state index contributed by atoms with van der Waals surface area (Å²) in [6, 6.07) is 3.27. The number of fused-ring (bicyclic) bond motifs is 1. The van der Waals surface area contributed by atoms with E-state index in [0.717, 1.165) is 44.2 Å². The summed E-state index contributed by atoms with van der Waals surface area (Å²) in [5, 5.41) is 2.54. The third kappa shape index (κ3) is 3.58. The molecular weight excluding hydrogens is 444 g/mol. The molecule has 0 radical (unpaired) electrons. The van der Waals surface area contributed by atoms with Crippen LogP contribution in [0.25, 0.3) is 0 Å². The first kappa shape index (κ1) is 22.6. The summed E-state index contributed by atoms with van der Waals surface area (Å²) in [7, 11) is 0. The standard InChI is InChI=1S/C25H27F2N3O4/c1-2-3-10-34-22-20-24(33)30-17-6-8-25(30,9-7-17)14-29(20)13-18(21(22)31)23(32)28-12-15-4-5-16(26)11-19(15)27/h4-5,11,13,17H,2-3,6-10,12,14H2,1H3,(H,28,32). The van der Waals surface area contributed by atoms with Gasteiger partial charge in [0.05, 0.1) is 12.1 Å². The highest BCUT2D eigenvalue weighted by Crippen LogP contribution is 2.50. The van der Waals surface area contributed by atoms with E-state index in [2.05, 4.69) is 5.32 Å². The van der Waals surface area contributed by atoms with Crippen LogP contribution in [-0.4, -0.2) is 39.5 Å². The molecule has 1 aromatic heterocycles. The number of aromatic nitrogens is 1. The van der Waals surface area contributed by atoms with Gasteiger partial charge in [-0.25, -0.2) is 8.78 Å².